The topological polar surface area (TPSA) is 58.3 Å². The van der Waals surface area contributed by atoms with Gasteiger partial charge in [-0.05, 0) is 43.0 Å². The Kier molecular flexibility index (Phi) is 7.36. The lowest BCUT2D eigenvalue weighted by atomic mass is 9.73. The summed E-state index contributed by atoms with van der Waals surface area (Å²) in [6.45, 7) is 5.62. The molecule has 0 amide bonds. The highest BCUT2D eigenvalue weighted by Gasteiger charge is 2.39. The van der Waals surface area contributed by atoms with Gasteiger partial charge in [-0.15, -0.1) is 45.5 Å². The van der Waals surface area contributed by atoms with Crippen molar-refractivity contribution in [2.24, 2.45) is 17.5 Å². The predicted octanol–water partition coefficient (Wildman–Crippen LogP) is 4.11. The van der Waals surface area contributed by atoms with E-state index in [1.165, 1.54) is 43.4 Å². The second kappa shape index (κ2) is 9.56. The number of hydrogen-bond acceptors (Lipinski definition) is 4. The van der Waals surface area contributed by atoms with Crippen molar-refractivity contribution in [3.05, 3.63) is 34.0 Å². The van der Waals surface area contributed by atoms with Crippen molar-refractivity contribution < 1.29 is 0 Å². The Labute approximate surface area is 188 Å². The number of thiophene rings is 1. The van der Waals surface area contributed by atoms with Gasteiger partial charge in [-0.2, -0.15) is 0 Å². The van der Waals surface area contributed by atoms with E-state index in [2.05, 4.69) is 37.9 Å². The van der Waals surface area contributed by atoms with Gasteiger partial charge in [0.2, 0.25) is 0 Å². The van der Waals surface area contributed by atoms with E-state index in [1.54, 1.807) is 11.3 Å². The van der Waals surface area contributed by atoms with E-state index in [-0.39, 0.29) is 24.0 Å². The van der Waals surface area contributed by atoms with Gasteiger partial charge >= 0.3 is 0 Å². The molecular formula is C20H31IN6S. The minimum Gasteiger partial charge on any atom is -0.351 e. The van der Waals surface area contributed by atoms with Crippen LogP contribution in [0.2, 0.25) is 0 Å². The SMILES string of the molecule is Cc1nnc(CN=C(NCc2cccs2)N2CCC3(CCCCC3)C2)n1C.I. The molecule has 0 unspecified atom stereocenters. The van der Waals surface area contributed by atoms with Gasteiger partial charge in [0.1, 0.15) is 12.4 Å². The molecule has 0 atom stereocenters. The van der Waals surface area contributed by atoms with Crippen LogP contribution in [0.4, 0.5) is 0 Å². The summed E-state index contributed by atoms with van der Waals surface area (Å²) in [5.74, 6) is 2.86. The summed E-state index contributed by atoms with van der Waals surface area (Å²) in [5.41, 5.74) is 0.519. The lowest BCUT2D eigenvalue weighted by Gasteiger charge is -2.33. The third-order valence-corrected chi connectivity index (χ3v) is 7.08. The lowest BCUT2D eigenvalue weighted by molar-refractivity contribution is 0.203. The van der Waals surface area contributed by atoms with Crippen LogP contribution in [0.1, 0.15) is 55.1 Å². The number of nitrogens with zero attached hydrogens (tertiary/aromatic N) is 5. The zero-order valence-corrected chi connectivity index (χ0v) is 20.0. The highest BCUT2D eigenvalue weighted by molar-refractivity contribution is 14.0. The van der Waals surface area contributed by atoms with E-state index < -0.39 is 0 Å². The molecule has 3 heterocycles. The van der Waals surface area contributed by atoms with E-state index in [0.29, 0.717) is 12.0 Å². The monoisotopic (exact) mass is 514 g/mol. The Morgan fingerprint density at radius 1 is 1.25 bits per heavy atom. The zero-order chi connectivity index (χ0) is 18.7. The Bertz CT molecular complexity index is 779. The van der Waals surface area contributed by atoms with Crippen LogP contribution in [-0.2, 0) is 20.1 Å². The van der Waals surface area contributed by atoms with Crippen molar-refractivity contribution in [1.82, 2.24) is 25.0 Å². The van der Waals surface area contributed by atoms with Gasteiger partial charge in [0.25, 0.3) is 0 Å². The van der Waals surface area contributed by atoms with Crippen LogP contribution in [0.5, 0.6) is 0 Å². The molecule has 1 saturated heterocycles. The highest BCUT2D eigenvalue weighted by atomic mass is 127. The van der Waals surface area contributed by atoms with E-state index in [4.69, 9.17) is 4.99 Å². The maximum Gasteiger partial charge on any atom is 0.194 e. The molecule has 4 rings (SSSR count). The highest BCUT2D eigenvalue weighted by Crippen LogP contribution is 2.43. The number of rotatable bonds is 4. The number of aliphatic imine (C=N–C) groups is 1. The van der Waals surface area contributed by atoms with E-state index in [1.807, 2.05) is 18.5 Å². The predicted molar refractivity (Wildman–Crippen MR) is 125 cm³/mol. The van der Waals surface area contributed by atoms with Crippen LogP contribution in [0.25, 0.3) is 0 Å². The molecule has 2 fully saturated rings. The number of nitrogens with one attached hydrogen (secondary N) is 1. The minimum absolute atomic E-state index is 0. The van der Waals surface area contributed by atoms with Crippen molar-refractivity contribution in [2.45, 2.75) is 58.5 Å². The summed E-state index contributed by atoms with van der Waals surface area (Å²) in [7, 11) is 2.01. The van der Waals surface area contributed by atoms with Crippen LogP contribution in [0.15, 0.2) is 22.5 Å². The molecule has 0 aromatic carbocycles. The molecule has 154 valence electrons. The maximum atomic E-state index is 4.94. The first-order valence-corrected chi connectivity index (χ1v) is 10.9. The smallest absolute Gasteiger partial charge is 0.194 e. The fourth-order valence-corrected chi connectivity index (χ4v) is 5.05. The van der Waals surface area contributed by atoms with Gasteiger partial charge < -0.3 is 14.8 Å². The van der Waals surface area contributed by atoms with Crippen LogP contribution in [-0.4, -0.2) is 38.7 Å². The number of hydrogen-bond donors (Lipinski definition) is 1. The Hall–Kier alpha value is -1.16. The molecule has 0 radical (unpaired) electrons. The fourth-order valence-electron chi connectivity index (χ4n) is 4.41. The zero-order valence-electron chi connectivity index (χ0n) is 16.9. The molecule has 2 aromatic rings. The van der Waals surface area contributed by atoms with E-state index in [0.717, 1.165) is 37.2 Å². The molecule has 2 aliphatic rings. The molecule has 28 heavy (non-hydrogen) atoms. The van der Waals surface area contributed by atoms with Crippen molar-refractivity contribution in [2.75, 3.05) is 13.1 Å². The first-order valence-electron chi connectivity index (χ1n) is 10.1. The summed E-state index contributed by atoms with van der Waals surface area (Å²) < 4.78 is 2.02. The summed E-state index contributed by atoms with van der Waals surface area (Å²) in [6, 6.07) is 4.28. The summed E-state index contributed by atoms with van der Waals surface area (Å²) in [4.78, 5) is 8.75. The fraction of sp³-hybridized carbons (Fsp3) is 0.650. The molecule has 6 nitrogen and oxygen atoms in total. The van der Waals surface area contributed by atoms with E-state index >= 15 is 0 Å². The number of aromatic nitrogens is 3. The largest absolute Gasteiger partial charge is 0.351 e. The average Bonchev–Trinajstić information content (AvgIpc) is 3.40. The minimum atomic E-state index is 0. The first kappa shape index (κ1) is 21.5. The molecule has 1 aliphatic carbocycles. The summed E-state index contributed by atoms with van der Waals surface area (Å²) in [6.07, 6.45) is 8.25. The first-order chi connectivity index (χ1) is 13.2. The molecule has 1 N–H and O–H groups in total. The van der Waals surface area contributed by atoms with Crippen LogP contribution in [0, 0.1) is 12.3 Å². The Balaban J connectivity index is 0.00000225. The summed E-state index contributed by atoms with van der Waals surface area (Å²) >= 11 is 1.79. The van der Waals surface area contributed by atoms with Crippen LogP contribution in [0.3, 0.4) is 0 Å². The van der Waals surface area contributed by atoms with Crippen molar-refractivity contribution in [3.63, 3.8) is 0 Å². The lowest BCUT2D eigenvalue weighted by Crippen LogP contribution is -2.41. The van der Waals surface area contributed by atoms with Crippen molar-refractivity contribution >= 4 is 41.3 Å². The average molecular weight is 514 g/mol. The number of halogens is 1. The van der Waals surface area contributed by atoms with Crippen LogP contribution < -0.4 is 5.32 Å². The molecule has 0 bridgehead atoms. The van der Waals surface area contributed by atoms with Crippen LogP contribution >= 0.6 is 35.3 Å². The van der Waals surface area contributed by atoms with E-state index in [9.17, 15) is 0 Å². The second-order valence-corrected chi connectivity index (χ2v) is 9.06. The number of likely N-dealkylation sites (tertiary alicyclic amines) is 1. The molecule has 1 aliphatic heterocycles. The van der Waals surface area contributed by atoms with Crippen molar-refractivity contribution in [3.8, 4) is 0 Å². The quantitative estimate of drug-likeness (QED) is 0.379. The second-order valence-electron chi connectivity index (χ2n) is 8.03. The summed E-state index contributed by atoms with van der Waals surface area (Å²) in [5, 5.41) is 14.2. The Morgan fingerprint density at radius 3 is 2.75 bits per heavy atom. The normalized spacial score (nSPS) is 19.1. The van der Waals surface area contributed by atoms with Crippen molar-refractivity contribution in [1.29, 1.82) is 0 Å². The van der Waals surface area contributed by atoms with Gasteiger partial charge in [0, 0.05) is 25.0 Å². The molecule has 1 spiro atoms. The number of aryl methyl sites for hydroxylation is 1. The van der Waals surface area contributed by atoms with Gasteiger partial charge in [-0.1, -0.05) is 25.3 Å². The standard InChI is InChI=1S/C20H30N6S.HI/c1-16-23-24-18(25(16)2)14-22-19(21-13-17-7-6-12-27-17)26-11-10-20(15-26)8-4-3-5-9-20;/h6-7,12H,3-5,8-11,13-15H2,1-2H3,(H,21,22);1H. The van der Waals surface area contributed by atoms with Gasteiger partial charge in [0.15, 0.2) is 11.8 Å². The molecule has 1 saturated carbocycles. The third-order valence-electron chi connectivity index (χ3n) is 6.21. The Morgan fingerprint density at radius 2 is 2.07 bits per heavy atom. The molecule has 8 heteroatoms. The molecular weight excluding hydrogens is 483 g/mol. The third kappa shape index (κ3) is 4.87. The van der Waals surface area contributed by atoms with Gasteiger partial charge in [-0.3, -0.25) is 0 Å². The number of guanidine groups is 1. The van der Waals surface area contributed by atoms with Gasteiger partial charge in [-0.25, -0.2) is 4.99 Å². The molecule has 2 aromatic heterocycles. The maximum absolute atomic E-state index is 4.94. The van der Waals surface area contributed by atoms with Gasteiger partial charge in [0.05, 0.1) is 6.54 Å².